The molecule has 90 valence electrons. The molecule has 2 heterocycles. The molecule has 3 nitrogen and oxygen atoms in total. The van der Waals surface area contributed by atoms with Gasteiger partial charge in [0.25, 0.3) is 0 Å². The first kappa shape index (κ1) is 10.8. The van der Waals surface area contributed by atoms with E-state index in [9.17, 15) is 4.79 Å². The van der Waals surface area contributed by atoms with E-state index >= 15 is 0 Å². The van der Waals surface area contributed by atoms with Crippen molar-refractivity contribution in [3.63, 3.8) is 0 Å². The van der Waals surface area contributed by atoms with Crippen LogP contribution in [0.4, 0.5) is 0 Å². The average Bonchev–Trinajstić information content (AvgIpc) is 2.90. The second-order valence-electron chi connectivity index (χ2n) is 5.29. The maximum atomic E-state index is 12.1. The molecule has 17 heavy (non-hydrogen) atoms. The van der Waals surface area contributed by atoms with Gasteiger partial charge < -0.3 is 4.90 Å². The molecule has 3 heteroatoms. The van der Waals surface area contributed by atoms with E-state index in [0.29, 0.717) is 6.42 Å². The maximum Gasteiger partial charge on any atom is 0.227 e. The SMILES string of the molecule is O=C(Cc1cccnc1)N1CC2CCCC2C1. The summed E-state index contributed by atoms with van der Waals surface area (Å²) in [6, 6.07) is 3.86. The number of rotatable bonds is 2. The van der Waals surface area contributed by atoms with Gasteiger partial charge in [-0.1, -0.05) is 12.5 Å². The fraction of sp³-hybridized carbons (Fsp3) is 0.571. The fourth-order valence-electron chi connectivity index (χ4n) is 3.23. The first-order valence-corrected chi connectivity index (χ1v) is 6.49. The van der Waals surface area contributed by atoms with Crippen LogP contribution in [0.1, 0.15) is 24.8 Å². The van der Waals surface area contributed by atoms with E-state index in [2.05, 4.69) is 9.88 Å². The predicted molar refractivity (Wildman–Crippen MR) is 65.4 cm³/mol. The summed E-state index contributed by atoms with van der Waals surface area (Å²) in [5, 5.41) is 0. The number of pyridine rings is 1. The average molecular weight is 230 g/mol. The number of carbonyl (C=O) groups excluding carboxylic acids is 1. The standard InChI is InChI=1S/C14H18N2O/c17-14(7-11-3-2-6-15-8-11)16-9-12-4-1-5-13(12)10-16/h2-3,6,8,12-13H,1,4-5,7,9-10H2. The highest BCUT2D eigenvalue weighted by atomic mass is 16.2. The number of aromatic nitrogens is 1. The van der Waals surface area contributed by atoms with Crippen molar-refractivity contribution in [2.75, 3.05) is 13.1 Å². The number of carbonyl (C=O) groups is 1. The van der Waals surface area contributed by atoms with E-state index in [1.807, 2.05) is 12.1 Å². The smallest absolute Gasteiger partial charge is 0.227 e. The van der Waals surface area contributed by atoms with Gasteiger partial charge in [0.1, 0.15) is 0 Å². The van der Waals surface area contributed by atoms with Crippen LogP contribution in [0, 0.1) is 11.8 Å². The van der Waals surface area contributed by atoms with Crippen molar-refractivity contribution >= 4 is 5.91 Å². The van der Waals surface area contributed by atoms with Crippen LogP contribution < -0.4 is 0 Å². The number of hydrogen-bond donors (Lipinski definition) is 0. The molecule has 0 aromatic carbocycles. The molecule has 1 aliphatic carbocycles. The van der Waals surface area contributed by atoms with Crippen LogP contribution >= 0.6 is 0 Å². The summed E-state index contributed by atoms with van der Waals surface area (Å²) in [7, 11) is 0. The van der Waals surface area contributed by atoms with Gasteiger partial charge in [-0.3, -0.25) is 9.78 Å². The number of hydrogen-bond acceptors (Lipinski definition) is 2. The van der Waals surface area contributed by atoms with Gasteiger partial charge in [0.15, 0.2) is 0 Å². The monoisotopic (exact) mass is 230 g/mol. The Balaban J connectivity index is 1.61. The van der Waals surface area contributed by atoms with Gasteiger partial charge in [-0.05, 0) is 36.3 Å². The van der Waals surface area contributed by atoms with Crippen molar-refractivity contribution in [2.24, 2.45) is 11.8 Å². The lowest BCUT2D eigenvalue weighted by Crippen LogP contribution is -2.30. The molecular formula is C14H18N2O. The Morgan fingerprint density at radius 3 is 2.76 bits per heavy atom. The minimum absolute atomic E-state index is 0.271. The van der Waals surface area contributed by atoms with E-state index < -0.39 is 0 Å². The van der Waals surface area contributed by atoms with Crippen LogP contribution in [-0.2, 0) is 11.2 Å². The van der Waals surface area contributed by atoms with Crippen molar-refractivity contribution < 1.29 is 4.79 Å². The molecule has 2 aliphatic rings. The van der Waals surface area contributed by atoms with Crippen molar-refractivity contribution in [1.82, 2.24) is 9.88 Å². The molecule has 0 bridgehead atoms. The number of nitrogens with zero attached hydrogens (tertiary/aromatic N) is 2. The van der Waals surface area contributed by atoms with E-state index in [4.69, 9.17) is 0 Å². The van der Waals surface area contributed by atoms with Gasteiger partial charge in [-0.25, -0.2) is 0 Å². The minimum Gasteiger partial charge on any atom is -0.342 e. The zero-order valence-corrected chi connectivity index (χ0v) is 10.0. The third-order valence-electron chi connectivity index (χ3n) is 4.16. The molecule has 1 saturated heterocycles. The Bertz CT molecular complexity index is 392. The van der Waals surface area contributed by atoms with Crippen molar-refractivity contribution in [1.29, 1.82) is 0 Å². The number of likely N-dealkylation sites (tertiary alicyclic amines) is 1. The molecule has 1 saturated carbocycles. The molecule has 0 spiro atoms. The minimum atomic E-state index is 0.271. The molecule has 2 atom stereocenters. The summed E-state index contributed by atoms with van der Waals surface area (Å²) in [6.45, 7) is 1.98. The van der Waals surface area contributed by atoms with Gasteiger partial charge in [-0.15, -0.1) is 0 Å². The van der Waals surface area contributed by atoms with Crippen LogP contribution in [0.3, 0.4) is 0 Å². The topological polar surface area (TPSA) is 33.2 Å². The van der Waals surface area contributed by atoms with Gasteiger partial charge in [0.05, 0.1) is 6.42 Å². The molecule has 1 amide bonds. The van der Waals surface area contributed by atoms with E-state index in [-0.39, 0.29) is 5.91 Å². The lowest BCUT2D eigenvalue weighted by atomic mass is 10.0. The molecule has 1 aromatic rings. The highest BCUT2D eigenvalue weighted by Gasteiger charge is 2.37. The third kappa shape index (κ3) is 2.19. The summed E-state index contributed by atoms with van der Waals surface area (Å²) in [4.78, 5) is 18.3. The van der Waals surface area contributed by atoms with Gasteiger partial charge in [0, 0.05) is 25.5 Å². The largest absolute Gasteiger partial charge is 0.342 e. The molecule has 0 radical (unpaired) electrons. The van der Waals surface area contributed by atoms with E-state index in [1.54, 1.807) is 12.4 Å². The predicted octanol–water partition coefficient (Wildman–Crippen LogP) is 1.88. The quantitative estimate of drug-likeness (QED) is 0.777. The second kappa shape index (κ2) is 4.47. The highest BCUT2D eigenvalue weighted by molar-refractivity contribution is 5.79. The summed E-state index contributed by atoms with van der Waals surface area (Å²) >= 11 is 0. The van der Waals surface area contributed by atoms with Crippen molar-refractivity contribution in [3.05, 3.63) is 30.1 Å². The number of fused-ring (bicyclic) bond motifs is 1. The Morgan fingerprint density at radius 2 is 2.12 bits per heavy atom. The molecule has 0 N–H and O–H groups in total. The van der Waals surface area contributed by atoms with Crippen molar-refractivity contribution in [3.8, 4) is 0 Å². The van der Waals surface area contributed by atoms with E-state index in [0.717, 1.165) is 30.5 Å². The van der Waals surface area contributed by atoms with E-state index in [1.165, 1.54) is 19.3 Å². The molecule has 1 aromatic heterocycles. The van der Waals surface area contributed by atoms with Crippen LogP contribution in [0.25, 0.3) is 0 Å². The molecule has 1 aliphatic heterocycles. The van der Waals surface area contributed by atoms with Crippen LogP contribution in [0.5, 0.6) is 0 Å². The van der Waals surface area contributed by atoms with Crippen LogP contribution in [-0.4, -0.2) is 28.9 Å². The van der Waals surface area contributed by atoms with Crippen LogP contribution in [0.2, 0.25) is 0 Å². The maximum absolute atomic E-state index is 12.1. The Hall–Kier alpha value is -1.38. The number of amides is 1. The third-order valence-corrected chi connectivity index (χ3v) is 4.16. The first-order chi connectivity index (χ1) is 8.33. The molecule has 2 fully saturated rings. The Kier molecular flexibility index (Phi) is 2.83. The second-order valence-corrected chi connectivity index (χ2v) is 5.29. The molecular weight excluding hydrogens is 212 g/mol. The highest BCUT2D eigenvalue weighted by Crippen LogP contribution is 2.37. The first-order valence-electron chi connectivity index (χ1n) is 6.49. The molecule has 3 rings (SSSR count). The zero-order chi connectivity index (χ0) is 11.7. The van der Waals surface area contributed by atoms with Gasteiger partial charge in [0.2, 0.25) is 5.91 Å². The van der Waals surface area contributed by atoms with Crippen molar-refractivity contribution in [2.45, 2.75) is 25.7 Å². The Labute approximate surface area is 102 Å². The summed E-state index contributed by atoms with van der Waals surface area (Å²) < 4.78 is 0. The lowest BCUT2D eigenvalue weighted by Gasteiger charge is -2.17. The van der Waals surface area contributed by atoms with Gasteiger partial charge >= 0.3 is 0 Å². The molecule has 2 unspecified atom stereocenters. The van der Waals surface area contributed by atoms with Gasteiger partial charge in [-0.2, -0.15) is 0 Å². The zero-order valence-electron chi connectivity index (χ0n) is 10.0. The fourth-order valence-corrected chi connectivity index (χ4v) is 3.23. The Morgan fingerprint density at radius 1 is 1.35 bits per heavy atom. The van der Waals surface area contributed by atoms with Crippen LogP contribution in [0.15, 0.2) is 24.5 Å². The summed E-state index contributed by atoms with van der Waals surface area (Å²) in [5.74, 6) is 1.84. The normalized spacial score (nSPS) is 27.2. The lowest BCUT2D eigenvalue weighted by molar-refractivity contribution is -0.129. The summed E-state index contributed by atoms with van der Waals surface area (Å²) in [6.07, 6.45) is 8.04. The summed E-state index contributed by atoms with van der Waals surface area (Å²) in [5.41, 5.74) is 1.02.